The van der Waals surface area contributed by atoms with E-state index < -0.39 is 0 Å². The fourth-order valence-corrected chi connectivity index (χ4v) is 2.53. The second-order valence-corrected chi connectivity index (χ2v) is 5.60. The van der Waals surface area contributed by atoms with Gasteiger partial charge < -0.3 is 9.72 Å². The number of hydrogen-bond acceptors (Lipinski definition) is 3. The fourth-order valence-electron chi connectivity index (χ4n) is 2.53. The molecule has 0 aliphatic carbocycles. The van der Waals surface area contributed by atoms with Gasteiger partial charge in [-0.1, -0.05) is 6.07 Å². The Labute approximate surface area is 135 Å². The Balaban J connectivity index is 1.46. The predicted octanol–water partition coefficient (Wildman–Crippen LogP) is 2.79. The molecule has 0 aliphatic rings. The van der Waals surface area contributed by atoms with Gasteiger partial charge in [-0.25, -0.2) is 4.98 Å². The third kappa shape index (κ3) is 3.94. The van der Waals surface area contributed by atoms with Crippen molar-refractivity contribution in [3.05, 3.63) is 65.9 Å². The minimum absolute atomic E-state index is 0.0453. The summed E-state index contributed by atoms with van der Waals surface area (Å²) in [6, 6.07) is 9.62. The highest BCUT2D eigenvalue weighted by atomic mass is 16.1. The van der Waals surface area contributed by atoms with Crippen molar-refractivity contribution in [3.63, 3.8) is 0 Å². The Hall–Kier alpha value is -2.69. The third-order valence-electron chi connectivity index (χ3n) is 3.71. The number of rotatable bonds is 6. The molecule has 0 aliphatic heterocycles. The molecule has 0 saturated heterocycles. The molecule has 0 unspecified atom stereocenters. The van der Waals surface area contributed by atoms with Gasteiger partial charge in [0.2, 0.25) is 0 Å². The van der Waals surface area contributed by atoms with Crippen molar-refractivity contribution in [1.82, 2.24) is 19.7 Å². The maximum absolute atomic E-state index is 12.2. The second-order valence-electron chi connectivity index (χ2n) is 5.60. The zero-order chi connectivity index (χ0) is 16.1. The largest absolute Gasteiger partial charge is 0.352 e. The normalized spacial score (nSPS) is 10.8. The first-order valence-corrected chi connectivity index (χ1v) is 7.86. The first kappa shape index (κ1) is 15.2. The molecule has 23 heavy (non-hydrogen) atoms. The van der Waals surface area contributed by atoms with Crippen molar-refractivity contribution >= 4 is 11.6 Å². The number of unbranched alkanes of at least 4 members (excludes halogenated alkanes) is 1. The molecule has 3 aromatic rings. The van der Waals surface area contributed by atoms with Crippen molar-refractivity contribution in [2.24, 2.45) is 0 Å². The summed E-state index contributed by atoms with van der Waals surface area (Å²) in [5.74, 6) is -0.0453. The number of hydrogen-bond donors (Lipinski definition) is 1. The Kier molecular flexibility index (Phi) is 4.66. The van der Waals surface area contributed by atoms with Crippen molar-refractivity contribution in [1.29, 1.82) is 0 Å². The smallest absolute Gasteiger partial charge is 0.252 e. The van der Waals surface area contributed by atoms with E-state index in [1.54, 1.807) is 0 Å². The molecule has 3 aromatic heterocycles. The lowest BCUT2D eigenvalue weighted by Crippen LogP contribution is -2.24. The summed E-state index contributed by atoms with van der Waals surface area (Å²) in [5, 5.41) is 2.96. The summed E-state index contributed by atoms with van der Waals surface area (Å²) < 4.78 is 1.88. The van der Waals surface area contributed by atoms with Crippen LogP contribution in [0.3, 0.4) is 0 Å². The van der Waals surface area contributed by atoms with Crippen molar-refractivity contribution in [2.45, 2.75) is 26.2 Å². The van der Waals surface area contributed by atoms with Gasteiger partial charge in [-0.3, -0.25) is 9.78 Å². The van der Waals surface area contributed by atoms with Crippen LogP contribution in [0.5, 0.6) is 0 Å². The van der Waals surface area contributed by atoms with E-state index in [0.29, 0.717) is 12.1 Å². The van der Waals surface area contributed by atoms with Crippen LogP contribution in [-0.2, 0) is 6.42 Å². The van der Waals surface area contributed by atoms with Crippen LogP contribution in [0.15, 0.2) is 48.9 Å². The zero-order valence-electron chi connectivity index (χ0n) is 13.2. The third-order valence-corrected chi connectivity index (χ3v) is 3.71. The van der Waals surface area contributed by atoms with Crippen molar-refractivity contribution in [3.8, 4) is 0 Å². The van der Waals surface area contributed by atoms with E-state index >= 15 is 0 Å². The zero-order valence-corrected chi connectivity index (χ0v) is 13.2. The molecule has 3 rings (SSSR count). The number of nitrogens with one attached hydrogen (secondary N) is 1. The molecular formula is C18H20N4O. The number of carbonyl (C=O) groups excluding carboxylic acids is 1. The number of carbonyl (C=O) groups is 1. The van der Waals surface area contributed by atoms with Crippen LogP contribution in [0, 0.1) is 6.92 Å². The molecule has 5 heteroatoms. The number of imidazole rings is 1. The average molecular weight is 308 g/mol. The van der Waals surface area contributed by atoms with Crippen molar-refractivity contribution < 1.29 is 4.79 Å². The lowest BCUT2D eigenvalue weighted by Gasteiger charge is -2.06. The molecule has 3 heterocycles. The minimum atomic E-state index is -0.0453. The van der Waals surface area contributed by atoms with Crippen LogP contribution in [-0.4, -0.2) is 26.8 Å². The molecule has 1 amide bonds. The molecule has 5 nitrogen and oxygen atoms in total. The number of aromatic nitrogens is 3. The summed E-state index contributed by atoms with van der Waals surface area (Å²) in [6.07, 6.45) is 8.44. The van der Waals surface area contributed by atoms with Gasteiger partial charge in [-0.2, -0.15) is 0 Å². The SMILES string of the molecule is Cc1cn2cc(C(=O)NCCCCc3ccccn3)ccc2n1. The topological polar surface area (TPSA) is 59.3 Å². The summed E-state index contributed by atoms with van der Waals surface area (Å²) in [4.78, 5) is 20.8. The molecule has 0 aromatic carbocycles. The second kappa shape index (κ2) is 7.05. The van der Waals surface area contributed by atoms with Crippen LogP contribution < -0.4 is 5.32 Å². The van der Waals surface area contributed by atoms with E-state index in [4.69, 9.17) is 0 Å². The molecular weight excluding hydrogens is 288 g/mol. The summed E-state index contributed by atoms with van der Waals surface area (Å²) in [7, 11) is 0. The van der Waals surface area contributed by atoms with E-state index in [0.717, 1.165) is 36.3 Å². The highest BCUT2D eigenvalue weighted by Crippen LogP contribution is 2.07. The van der Waals surface area contributed by atoms with Gasteiger partial charge in [0.25, 0.3) is 5.91 Å². The first-order chi connectivity index (χ1) is 11.2. The molecule has 0 spiro atoms. The molecule has 118 valence electrons. The van der Waals surface area contributed by atoms with E-state index in [-0.39, 0.29) is 5.91 Å². The lowest BCUT2D eigenvalue weighted by molar-refractivity contribution is 0.0952. The van der Waals surface area contributed by atoms with Gasteiger partial charge in [-0.05, 0) is 50.5 Å². The summed E-state index contributed by atoms with van der Waals surface area (Å²) in [5.41, 5.74) is 3.55. The molecule has 0 bridgehead atoms. The molecule has 0 saturated carbocycles. The molecule has 0 fully saturated rings. The van der Waals surface area contributed by atoms with E-state index in [1.807, 2.05) is 60.2 Å². The Morgan fingerprint density at radius 1 is 1.17 bits per heavy atom. The van der Waals surface area contributed by atoms with Gasteiger partial charge in [0.15, 0.2) is 0 Å². The monoisotopic (exact) mass is 308 g/mol. The highest BCUT2D eigenvalue weighted by molar-refractivity contribution is 5.94. The van der Waals surface area contributed by atoms with Crippen LogP contribution >= 0.6 is 0 Å². The Bertz CT molecular complexity index is 795. The Morgan fingerprint density at radius 2 is 2.09 bits per heavy atom. The van der Waals surface area contributed by atoms with E-state index in [1.165, 1.54) is 0 Å². The summed E-state index contributed by atoms with van der Waals surface area (Å²) in [6.45, 7) is 2.61. The maximum Gasteiger partial charge on any atom is 0.252 e. The number of nitrogens with zero attached hydrogens (tertiary/aromatic N) is 3. The van der Waals surface area contributed by atoms with Crippen LogP contribution in [0.1, 0.15) is 34.6 Å². The molecule has 1 N–H and O–H groups in total. The fraction of sp³-hybridized carbons (Fsp3) is 0.278. The number of fused-ring (bicyclic) bond motifs is 1. The summed E-state index contributed by atoms with van der Waals surface area (Å²) >= 11 is 0. The van der Waals surface area contributed by atoms with Crippen LogP contribution in [0.25, 0.3) is 5.65 Å². The quantitative estimate of drug-likeness (QED) is 0.712. The standard InChI is InChI=1S/C18H20N4O/c1-14-12-22-13-15(8-9-17(22)21-14)18(23)20-11-5-3-7-16-6-2-4-10-19-16/h2,4,6,8-10,12-13H,3,5,7,11H2,1H3,(H,20,23). The average Bonchev–Trinajstić information content (AvgIpc) is 2.94. The number of pyridine rings is 2. The molecule has 0 atom stereocenters. The highest BCUT2D eigenvalue weighted by Gasteiger charge is 2.07. The van der Waals surface area contributed by atoms with Gasteiger partial charge >= 0.3 is 0 Å². The number of aryl methyl sites for hydroxylation is 2. The Morgan fingerprint density at radius 3 is 2.91 bits per heavy atom. The maximum atomic E-state index is 12.2. The lowest BCUT2D eigenvalue weighted by atomic mass is 10.2. The minimum Gasteiger partial charge on any atom is -0.352 e. The molecule has 0 radical (unpaired) electrons. The van der Waals surface area contributed by atoms with Gasteiger partial charge in [0, 0.05) is 30.8 Å². The van der Waals surface area contributed by atoms with Crippen LogP contribution in [0.4, 0.5) is 0 Å². The van der Waals surface area contributed by atoms with Crippen molar-refractivity contribution in [2.75, 3.05) is 6.54 Å². The number of amides is 1. The predicted molar refractivity (Wildman–Crippen MR) is 89.4 cm³/mol. The van der Waals surface area contributed by atoms with E-state index in [9.17, 15) is 4.79 Å². The van der Waals surface area contributed by atoms with Gasteiger partial charge in [-0.15, -0.1) is 0 Å². The van der Waals surface area contributed by atoms with E-state index in [2.05, 4.69) is 15.3 Å². The van der Waals surface area contributed by atoms with Gasteiger partial charge in [0.05, 0.1) is 11.3 Å². The van der Waals surface area contributed by atoms with Crippen LogP contribution in [0.2, 0.25) is 0 Å². The first-order valence-electron chi connectivity index (χ1n) is 7.86. The van der Waals surface area contributed by atoms with Gasteiger partial charge in [0.1, 0.15) is 5.65 Å².